The van der Waals surface area contributed by atoms with E-state index in [0.29, 0.717) is 6.67 Å². The normalized spacial score (nSPS) is 23.5. The molecule has 0 aromatic heterocycles. The fourth-order valence-electron chi connectivity index (χ4n) is 4.70. The first kappa shape index (κ1) is 21.2. The fourth-order valence-corrected chi connectivity index (χ4v) is 4.70. The summed E-state index contributed by atoms with van der Waals surface area (Å²) >= 11 is 0. The van der Waals surface area contributed by atoms with E-state index in [1.165, 1.54) is 9.80 Å². The van der Waals surface area contributed by atoms with Crippen molar-refractivity contribution in [2.24, 2.45) is 0 Å². The van der Waals surface area contributed by atoms with Crippen molar-refractivity contribution < 1.29 is 24.0 Å². The third-order valence-corrected chi connectivity index (χ3v) is 6.42. The minimum Gasteiger partial charge on any atom is -0.497 e. The van der Waals surface area contributed by atoms with E-state index in [9.17, 15) is 9.59 Å². The smallest absolute Gasteiger partial charge is 0.336 e. The number of ether oxygens (including phenoxy) is 2. The van der Waals surface area contributed by atoms with E-state index in [-0.39, 0.29) is 18.0 Å². The Labute approximate surface area is 183 Å². The predicted molar refractivity (Wildman–Crippen MR) is 118 cm³/mol. The number of carbonyl (C=O) groups excluding carboxylic acids is 2. The summed E-state index contributed by atoms with van der Waals surface area (Å²) in [5, 5.41) is 0. The Kier molecular flexibility index (Phi) is 5.87. The summed E-state index contributed by atoms with van der Waals surface area (Å²) in [6.07, 6.45) is 2.01. The molecule has 2 aliphatic rings. The number of amides is 3. The van der Waals surface area contributed by atoms with Crippen LogP contribution in [0.2, 0.25) is 0 Å². The highest BCUT2D eigenvalue weighted by Crippen LogP contribution is 2.32. The molecule has 0 spiro atoms. The monoisotopic (exact) mass is 424 g/mol. The second kappa shape index (κ2) is 8.59. The molecule has 3 amide bonds. The van der Waals surface area contributed by atoms with Crippen LogP contribution >= 0.6 is 0 Å². The van der Waals surface area contributed by atoms with Crippen LogP contribution in [0.4, 0.5) is 10.5 Å². The fraction of sp³-hybridized carbons (Fsp3) is 0.417. The molecule has 2 saturated heterocycles. The SMILES string of the molecule is COc1ccc([C@H]2CCC[NH+]2CN2C(=O)[C@@H](C)N(c3ccc(C)cc3)C2=O)c(OC)c1. The summed E-state index contributed by atoms with van der Waals surface area (Å²) in [6.45, 7) is 5.05. The molecule has 2 aromatic carbocycles. The van der Waals surface area contributed by atoms with E-state index >= 15 is 0 Å². The molecule has 1 unspecified atom stereocenters. The number of aryl methyl sites for hydroxylation is 1. The molecule has 3 atom stereocenters. The molecule has 1 N–H and O–H groups in total. The van der Waals surface area contributed by atoms with Gasteiger partial charge in [-0.2, -0.15) is 0 Å². The average molecular weight is 425 g/mol. The number of quaternary nitrogens is 1. The van der Waals surface area contributed by atoms with Gasteiger partial charge in [0, 0.05) is 24.6 Å². The van der Waals surface area contributed by atoms with E-state index in [4.69, 9.17) is 9.47 Å². The van der Waals surface area contributed by atoms with Crippen LogP contribution in [-0.2, 0) is 4.79 Å². The number of anilines is 1. The molecule has 2 aromatic rings. The van der Waals surface area contributed by atoms with E-state index in [1.54, 1.807) is 26.0 Å². The molecule has 0 bridgehead atoms. The number of likely N-dealkylation sites (tertiary alicyclic amines) is 1. The average Bonchev–Trinajstić information content (AvgIpc) is 3.32. The zero-order valence-corrected chi connectivity index (χ0v) is 18.6. The lowest BCUT2D eigenvalue weighted by Crippen LogP contribution is -3.12. The number of methoxy groups -OCH3 is 2. The third kappa shape index (κ3) is 3.85. The van der Waals surface area contributed by atoms with Crippen LogP contribution in [0, 0.1) is 6.92 Å². The van der Waals surface area contributed by atoms with Crippen molar-refractivity contribution in [1.82, 2.24) is 4.90 Å². The van der Waals surface area contributed by atoms with Gasteiger partial charge in [0.15, 0.2) is 6.67 Å². The quantitative estimate of drug-likeness (QED) is 0.724. The molecule has 7 nitrogen and oxygen atoms in total. The molecule has 4 rings (SSSR count). The summed E-state index contributed by atoms with van der Waals surface area (Å²) in [5.41, 5.74) is 2.95. The van der Waals surface area contributed by atoms with Crippen molar-refractivity contribution in [1.29, 1.82) is 0 Å². The maximum atomic E-state index is 13.2. The summed E-state index contributed by atoms with van der Waals surface area (Å²) < 4.78 is 10.9. The number of nitrogens with zero attached hydrogens (tertiary/aromatic N) is 2. The van der Waals surface area contributed by atoms with Gasteiger partial charge in [0.2, 0.25) is 0 Å². The van der Waals surface area contributed by atoms with Crippen LogP contribution in [0.3, 0.4) is 0 Å². The maximum absolute atomic E-state index is 13.2. The molecule has 7 heteroatoms. The molecular formula is C24H30N3O4+. The van der Waals surface area contributed by atoms with Crippen molar-refractivity contribution in [3.05, 3.63) is 53.6 Å². The Morgan fingerprint density at radius 1 is 1.06 bits per heavy atom. The molecule has 2 fully saturated rings. The third-order valence-electron chi connectivity index (χ3n) is 6.42. The molecule has 31 heavy (non-hydrogen) atoms. The Hall–Kier alpha value is -3.06. The van der Waals surface area contributed by atoms with Crippen LogP contribution in [0.15, 0.2) is 42.5 Å². The molecule has 2 aliphatic heterocycles. The molecule has 0 saturated carbocycles. The lowest BCUT2D eigenvalue weighted by molar-refractivity contribution is -0.925. The number of nitrogens with one attached hydrogen (secondary N) is 1. The van der Waals surface area contributed by atoms with Gasteiger partial charge in [0.1, 0.15) is 23.6 Å². The van der Waals surface area contributed by atoms with Crippen molar-refractivity contribution in [3.8, 4) is 11.5 Å². The minimum atomic E-state index is -0.508. The first-order chi connectivity index (χ1) is 14.9. The lowest BCUT2D eigenvalue weighted by Gasteiger charge is -2.26. The van der Waals surface area contributed by atoms with E-state index in [0.717, 1.165) is 47.7 Å². The number of hydrogen-bond acceptors (Lipinski definition) is 4. The van der Waals surface area contributed by atoms with Gasteiger partial charge < -0.3 is 14.4 Å². The van der Waals surface area contributed by atoms with Crippen LogP contribution < -0.4 is 19.3 Å². The number of hydrogen-bond donors (Lipinski definition) is 1. The van der Waals surface area contributed by atoms with Gasteiger partial charge in [-0.15, -0.1) is 0 Å². The minimum absolute atomic E-state index is 0.148. The van der Waals surface area contributed by atoms with Crippen LogP contribution in [-0.4, -0.2) is 50.3 Å². The van der Waals surface area contributed by atoms with Crippen molar-refractivity contribution >= 4 is 17.6 Å². The van der Waals surface area contributed by atoms with Gasteiger partial charge in [-0.1, -0.05) is 17.7 Å². The highest BCUT2D eigenvalue weighted by atomic mass is 16.5. The number of rotatable bonds is 6. The first-order valence-electron chi connectivity index (χ1n) is 10.7. The van der Waals surface area contributed by atoms with Crippen molar-refractivity contribution in [2.75, 3.05) is 32.3 Å². The number of imide groups is 1. The predicted octanol–water partition coefficient (Wildman–Crippen LogP) is 2.55. The van der Waals surface area contributed by atoms with Crippen LogP contribution in [0.1, 0.15) is 36.9 Å². The summed E-state index contributed by atoms with van der Waals surface area (Å²) in [4.78, 5) is 30.4. The van der Waals surface area contributed by atoms with E-state index in [2.05, 4.69) is 0 Å². The van der Waals surface area contributed by atoms with Crippen molar-refractivity contribution in [3.63, 3.8) is 0 Å². The molecule has 164 valence electrons. The maximum Gasteiger partial charge on any atom is 0.336 e. The topological polar surface area (TPSA) is 63.5 Å². The second-order valence-electron chi connectivity index (χ2n) is 8.30. The molecule has 0 radical (unpaired) electrons. The zero-order chi connectivity index (χ0) is 22.1. The van der Waals surface area contributed by atoms with Gasteiger partial charge in [-0.25, -0.2) is 9.69 Å². The van der Waals surface area contributed by atoms with Gasteiger partial charge in [0.05, 0.1) is 26.3 Å². The number of urea groups is 1. The highest BCUT2D eigenvalue weighted by Gasteiger charge is 2.46. The van der Waals surface area contributed by atoms with E-state index < -0.39 is 6.04 Å². The second-order valence-corrected chi connectivity index (χ2v) is 8.30. The van der Waals surface area contributed by atoms with E-state index in [1.807, 2.05) is 49.4 Å². The lowest BCUT2D eigenvalue weighted by atomic mass is 10.0. The molecule has 2 heterocycles. The van der Waals surface area contributed by atoms with Crippen LogP contribution in [0.25, 0.3) is 0 Å². The van der Waals surface area contributed by atoms with Crippen LogP contribution in [0.5, 0.6) is 11.5 Å². The Bertz CT molecular complexity index is 975. The van der Waals surface area contributed by atoms with Gasteiger partial charge in [0.25, 0.3) is 5.91 Å². The largest absolute Gasteiger partial charge is 0.497 e. The van der Waals surface area contributed by atoms with Crippen molar-refractivity contribution in [2.45, 2.75) is 38.8 Å². The van der Waals surface area contributed by atoms with Gasteiger partial charge in [-0.3, -0.25) is 9.69 Å². The Morgan fingerprint density at radius 3 is 2.48 bits per heavy atom. The number of carbonyl (C=O) groups is 2. The Morgan fingerprint density at radius 2 is 1.81 bits per heavy atom. The summed E-state index contributed by atoms with van der Waals surface area (Å²) in [5.74, 6) is 1.37. The number of benzene rings is 2. The van der Waals surface area contributed by atoms with Gasteiger partial charge in [-0.05, 0) is 38.1 Å². The highest BCUT2D eigenvalue weighted by molar-refractivity contribution is 6.13. The molecular weight excluding hydrogens is 394 g/mol. The Balaban J connectivity index is 1.56. The molecule has 0 aliphatic carbocycles. The van der Waals surface area contributed by atoms with Gasteiger partial charge >= 0.3 is 6.03 Å². The zero-order valence-electron chi connectivity index (χ0n) is 18.6. The standard InChI is InChI=1S/C24H29N3O4/c1-16-7-9-18(10-8-16)27-17(2)23(28)26(24(27)29)15-25-13-5-6-21(25)20-12-11-19(30-3)14-22(20)31-4/h7-12,14,17,21H,5-6,13,15H2,1-4H3/p+1/t17-,21-/m1/s1. The summed E-state index contributed by atoms with van der Waals surface area (Å²) in [6, 6.07) is 13.0. The first-order valence-corrected chi connectivity index (χ1v) is 10.7. The summed E-state index contributed by atoms with van der Waals surface area (Å²) in [7, 11) is 3.29.